The van der Waals surface area contributed by atoms with Crippen molar-refractivity contribution in [3.8, 4) is 0 Å². The van der Waals surface area contributed by atoms with E-state index >= 15 is 0 Å². The first kappa shape index (κ1) is 13.3. The number of hydrogen-bond acceptors (Lipinski definition) is 4. The molecule has 0 bridgehead atoms. The number of nitrogens with zero attached hydrogens (tertiary/aromatic N) is 1. The van der Waals surface area contributed by atoms with E-state index in [1.165, 1.54) is 51.4 Å². The van der Waals surface area contributed by atoms with Crippen molar-refractivity contribution < 1.29 is 13.0 Å². The predicted octanol–water partition coefficient (Wildman–Crippen LogP) is 1.72. The topological polar surface area (TPSA) is 60.4 Å². The highest BCUT2D eigenvalue weighted by Crippen LogP contribution is 2.31. The molecule has 0 spiro atoms. The third kappa shape index (κ3) is 3.93. The van der Waals surface area contributed by atoms with Gasteiger partial charge in [-0.05, 0) is 25.7 Å². The van der Waals surface area contributed by atoms with Gasteiger partial charge in [0.2, 0.25) is 0 Å². The SMILES string of the molecule is O=S(=O)([O-])CCN(C1CCCC1)C1CCCC1. The zero-order chi connectivity index (χ0) is 12.3. The van der Waals surface area contributed by atoms with Gasteiger partial charge in [-0.1, -0.05) is 25.7 Å². The van der Waals surface area contributed by atoms with Crippen molar-refractivity contribution in [2.75, 3.05) is 12.3 Å². The molecule has 0 aromatic heterocycles. The Hall–Kier alpha value is -0.130. The molecule has 5 heteroatoms. The van der Waals surface area contributed by atoms with Crippen LogP contribution in [-0.2, 0) is 10.1 Å². The van der Waals surface area contributed by atoms with Gasteiger partial charge in [0, 0.05) is 18.6 Å². The van der Waals surface area contributed by atoms with Crippen LogP contribution in [0, 0.1) is 0 Å². The molecule has 2 saturated carbocycles. The number of hydrogen-bond donors (Lipinski definition) is 0. The van der Waals surface area contributed by atoms with E-state index in [0.29, 0.717) is 18.6 Å². The average molecular weight is 260 g/mol. The van der Waals surface area contributed by atoms with E-state index in [-0.39, 0.29) is 5.75 Å². The second-order valence-corrected chi connectivity index (χ2v) is 6.90. The summed E-state index contributed by atoms with van der Waals surface area (Å²) in [7, 11) is -4.07. The first-order valence-corrected chi connectivity index (χ1v) is 8.33. The maximum atomic E-state index is 10.8. The van der Waals surface area contributed by atoms with Crippen LogP contribution in [-0.4, -0.2) is 42.3 Å². The smallest absolute Gasteiger partial charge is 0.0958 e. The molecule has 0 atom stereocenters. The molecule has 2 aliphatic rings. The standard InChI is InChI=1S/C12H23NO3S/c14-17(15,16)10-9-13(11-5-1-2-6-11)12-7-3-4-8-12/h11-12H,1-10H2,(H,14,15,16)/p-1. The fourth-order valence-electron chi connectivity index (χ4n) is 3.35. The Labute approximate surface area is 104 Å². The van der Waals surface area contributed by atoms with Crippen molar-refractivity contribution in [1.82, 2.24) is 4.90 Å². The fourth-order valence-corrected chi connectivity index (χ4v) is 3.79. The Kier molecular flexibility index (Phi) is 4.44. The molecule has 2 aliphatic carbocycles. The molecular weight excluding hydrogens is 238 g/mol. The van der Waals surface area contributed by atoms with Gasteiger partial charge < -0.3 is 4.55 Å². The van der Waals surface area contributed by atoms with Gasteiger partial charge in [0.1, 0.15) is 0 Å². The molecule has 0 amide bonds. The molecule has 0 N–H and O–H groups in total. The highest BCUT2D eigenvalue weighted by molar-refractivity contribution is 7.85. The molecule has 17 heavy (non-hydrogen) atoms. The molecule has 0 heterocycles. The third-order valence-electron chi connectivity index (χ3n) is 4.19. The molecule has 0 saturated heterocycles. The van der Waals surface area contributed by atoms with Gasteiger partial charge in [0.05, 0.1) is 15.9 Å². The molecule has 0 unspecified atom stereocenters. The molecule has 0 aromatic carbocycles. The lowest BCUT2D eigenvalue weighted by atomic mass is 10.1. The molecule has 0 aromatic rings. The maximum absolute atomic E-state index is 10.8. The summed E-state index contributed by atoms with van der Waals surface area (Å²) in [4.78, 5) is 2.33. The van der Waals surface area contributed by atoms with Crippen LogP contribution in [0.3, 0.4) is 0 Å². The lowest BCUT2D eigenvalue weighted by Crippen LogP contribution is -2.43. The molecular formula is C12H22NO3S-. The van der Waals surface area contributed by atoms with E-state index in [0.717, 1.165) is 0 Å². The normalized spacial score (nSPS) is 23.9. The quantitative estimate of drug-likeness (QED) is 0.706. The van der Waals surface area contributed by atoms with Gasteiger partial charge in [-0.3, -0.25) is 4.90 Å². The van der Waals surface area contributed by atoms with Gasteiger partial charge >= 0.3 is 0 Å². The van der Waals surface area contributed by atoms with E-state index in [1.54, 1.807) is 0 Å². The molecule has 2 rings (SSSR count). The van der Waals surface area contributed by atoms with Gasteiger partial charge in [-0.2, -0.15) is 0 Å². The van der Waals surface area contributed by atoms with E-state index in [9.17, 15) is 13.0 Å². The van der Waals surface area contributed by atoms with Crippen LogP contribution in [0.5, 0.6) is 0 Å². The van der Waals surface area contributed by atoms with Crippen LogP contribution in [0.25, 0.3) is 0 Å². The van der Waals surface area contributed by atoms with Crippen molar-refractivity contribution in [2.45, 2.75) is 63.5 Å². The van der Waals surface area contributed by atoms with Crippen molar-refractivity contribution in [3.05, 3.63) is 0 Å². The highest BCUT2D eigenvalue weighted by Gasteiger charge is 2.30. The maximum Gasteiger partial charge on any atom is 0.0958 e. The van der Waals surface area contributed by atoms with Gasteiger partial charge in [0.25, 0.3) is 0 Å². The predicted molar refractivity (Wildman–Crippen MR) is 65.8 cm³/mol. The van der Waals surface area contributed by atoms with Gasteiger partial charge in [-0.25, -0.2) is 8.42 Å². The van der Waals surface area contributed by atoms with Crippen molar-refractivity contribution in [1.29, 1.82) is 0 Å². The van der Waals surface area contributed by atoms with Crippen LogP contribution in [0.1, 0.15) is 51.4 Å². The van der Waals surface area contributed by atoms with Crippen LogP contribution in [0.2, 0.25) is 0 Å². The second kappa shape index (κ2) is 5.67. The third-order valence-corrected chi connectivity index (χ3v) is 4.87. The lowest BCUT2D eigenvalue weighted by molar-refractivity contribution is 0.145. The van der Waals surface area contributed by atoms with Gasteiger partial charge in [-0.15, -0.1) is 0 Å². The summed E-state index contributed by atoms with van der Waals surface area (Å²) in [6, 6.07) is 1.06. The Morgan fingerprint density at radius 2 is 1.35 bits per heavy atom. The number of rotatable bonds is 5. The van der Waals surface area contributed by atoms with E-state index in [4.69, 9.17) is 0 Å². The summed E-state index contributed by atoms with van der Waals surface area (Å²) in [6.45, 7) is 0.446. The Bertz CT molecular complexity index is 314. The summed E-state index contributed by atoms with van der Waals surface area (Å²) < 4.78 is 32.3. The molecule has 100 valence electrons. The van der Waals surface area contributed by atoms with Crippen molar-refractivity contribution in [2.24, 2.45) is 0 Å². The molecule has 0 radical (unpaired) electrons. The summed E-state index contributed by atoms with van der Waals surface area (Å²) in [5.41, 5.74) is 0. The van der Waals surface area contributed by atoms with Gasteiger partial charge in [0.15, 0.2) is 0 Å². The highest BCUT2D eigenvalue weighted by atomic mass is 32.2. The summed E-state index contributed by atoms with van der Waals surface area (Å²) in [5, 5.41) is 0. The second-order valence-electron chi connectivity index (χ2n) is 5.38. The zero-order valence-electron chi connectivity index (χ0n) is 10.3. The van der Waals surface area contributed by atoms with Crippen LogP contribution in [0.4, 0.5) is 0 Å². The summed E-state index contributed by atoms with van der Waals surface area (Å²) >= 11 is 0. The minimum Gasteiger partial charge on any atom is -0.748 e. The van der Waals surface area contributed by atoms with E-state index < -0.39 is 10.1 Å². The minimum absolute atomic E-state index is 0.222. The van der Waals surface area contributed by atoms with Crippen LogP contribution in [0.15, 0.2) is 0 Å². The van der Waals surface area contributed by atoms with Crippen LogP contribution >= 0.6 is 0 Å². The van der Waals surface area contributed by atoms with E-state index in [2.05, 4.69) is 4.90 Å². The zero-order valence-corrected chi connectivity index (χ0v) is 11.1. The average Bonchev–Trinajstić information content (AvgIpc) is 2.86. The lowest BCUT2D eigenvalue weighted by Gasteiger charge is -2.34. The van der Waals surface area contributed by atoms with Crippen molar-refractivity contribution >= 4 is 10.1 Å². The Balaban J connectivity index is 1.95. The minimum atomic E-state index is -4.07. The summed E-state index contributed by atoms with van der Waals surface area (Å²) in [6.07, 6.45) is 9.70. The Morgan fingerprint density at radius 1 is 0.941 bits per heavy atom. The monoisotopic (exact) mass is 260 g/mol. The molecule has 0 aliphatic heterocycles. The van der Waals surface area contributed by atoms with Crippen molar-refractivity contribution in [3.63, 3.8) is 0 Å². The fraction of sp³-hybridized carbons (Fsp3) is 1.00. The summed E-state index contributed by atoms with van der Waals surface area (Å²) in [5.74, 6) is -0.222. The Morgan fingerprint density at radius 3 is 1.71 bits per heavy atom. The largest absolute Gasteiger partial charge is 0.748 e. The molecule has 4 nitrogen and oxygen atoms in total. The molecule has 2 fully saturated rings. The van der Waals surface area contributed by atoms with Crippen LogP contribution < -0.4 is 0 Å². The first-order chi connectivity index (χ1) is 8.06. The van der Waals surface area contributed by atoms with E-state index in [1.807, 2.05) is 0 Å². The first-order valence-electron chi connectivity index (χ1n) is 6.75.